The Balaban J connectivity index is 2.40. The van der Waals surface area contributed by atoms with Gasteiger partial charge in [-0.25, -0.2) is 9.18 Å². The van der Waals surface area contributed by atoms with E-state index in [1.807, 2.05) is 0 Å². The summed E-state index contributed by atoms with van der Waals surface area (Å²) in [5.41, 5.74) is 1.23. The highest BCUT2D eigenvalue weighted by molar-refractivity contribution is 5.87. The number of carboxylic acid groups (broad SMARTS) is 1. The Labute approximate surface area is 108 Å². The predicted molar refractivity (Wildman–Crippen MR) is 67.9 cm³/mol. The van der Waals surface area contributed by atoms with Crippen molar-refractivity contribution in [3.63, 3.8) is 0 Å². The highest BCUT2D eigenvalue weighted by atomic mass is 19.1. The molecule has 0 saturated carbocycles. The lowest BCUT2D eigenvalue weighted by atomic mass is 10.1. The van der Waals surface area contributed by atoms with Crippen molar-refractivity contribution in [2.75, 3.05) is 0 Å². The Kier molecular flexibility index (Phi) is 3.46. The van der Waals surface area contributed by atoms with Gasteiger partial charge in [0, 0.05) is 12.3 Å². The molecule has 0 fully saturated rings. The maximum absolute atomic E-state index is 13.0. The van der Waals surface area contributed by atoms with E-state index in [9.17, 15) is 14.0 Å². The van der Waals surface area contributed by atoms with Crippen molar-refractivity contribution in [2.45, 2.75) is 13.5 Å². The van der Waals surface area contributed by atoms with E-state index in [1.54, 1.807) is 13.0 Å². The molecular formula is C14H12FNO3. The maximum atomic E-state index is 13.0. The van der Waals surface area contributed by atoms with Crippen LogP contribution >= 0.6 is 0 Å². The smallest absolute Gasteiger partial charge is 0.337 e. The fraction of sp³-hybridized carbons (Fsp3) is 0.143. The first-order valence-electron chi connectivity index (χ1n) is 5.66. The highest BCUT2D eigenvalue weighted by Gasteiger charge is 2.07. The number of benzene rings is 1. The van der Waals surface area contributed by atoms with E-state index in [4.69, 9.17) is 5.11 Å². The van der Waals surface area contributed by atoms with Gasteiger partial charge in [-0.3, -0.25) is 4.79 Å². The van der Waals surface area contributed by atoms with Crippen LogP contribution in [0.3, 0.4) is 0 Å². The third-order valence-electron chi connectivity index (χ3n) is 2.88. The van der Waals surface area contributed by atoms with Crippen LogP contribution in [-0.4, -0.2) is 15.6 Å². The SMILES string of the molecule is Cc1cc(F)ccc1Cn1cc(C(=O)O)ccc1=O. The predicted octanol–water partition coefficient (Wildman–Crippen LogP) is 2.04. The van der Waals surface area contributed by atoms with Crippen molar-refractivity contribution >= 4 is 5.97 Å². The van der Waals surface area contributed by atoms with Gasteiger partial charge in [-0.15, -0.1) is 0 Å². The first-order valence-corrected chi connectivity index (χ1v) is 5.66. The molecular weight excluding hydrogens is 249 g/mol. The van der Waals surface area contributed by atoms with Crippen LogP contribution in [-0.2, 0) is 6.54 Å². The standard InChI is InChI=1S/C14H12FNO3/c1-9-6-12(15)4-2-10(9)7-16-8-11(14(18)19)3-5-13(16)17/h2-6,8H,7H2,1H3,(H,18,19). The number of aromatic nitrogens is 1. The second-order valence-electron chi connectivity index (χ2n) is 4.26. The zero-order valence-electron chi connectivity index (χ0n) is 10.3. The zero-order chi connectivity index (χ0) is 14.0. The lowest BCUT2D eigenvalue weighted by Gasteiger charge is -2.09. The number of aromatic carboxylic acids is 1. The lowest BCUT2D eigenvalue weighted by Crippen LogP contribution is -2.21. The van der Waals surface area contributed by atoms with Gasteiger partial charge >= 0.3 is 5.97 Å². The van der Waals surface area contributed by atoms with Crippen molar-refractivity contribution in [2.24, 2.45) is 0 Å². The first-order chi connectivity index (χ1) is 8.97. The monoisotopic (exact) mass is 261 g/mol. The second kappa shape index (κ2) is 5.06. The van der Waals surface area contributed by atoms with Crippen molar-refractivity contribution < 1.29 is 14.3 Å². The molecule has 1 aromatic heterocycles. The number of hydrogen-bond donors (Lipinski definition) is 1. The van der Waals surface area contributed by atoms with E-state index < -0.39 is 5.97 Å². The van der Waals surface area contributed by atoms with Crippen LogP contribution in [0, 0.1) is 12.7 Å². The fourth-order valence-electron chi connectivity index (χ4n) is 1.80. The minimum absolute atomic E-state index is 0.0411. The van der Waals surface area contributed by atoms with Crippen LogP contribution in [0.4, 0.5) is 4.39 Å². The number of rotatable bonds is 3. The van der Waals surface area contributed by atoms with E-state index in [0.29, 0.717) is 5.56 Å². The average molecular weight is 261 g/mol. The summed E-state index contributed by atoms with van der Waals surface area (Å²) in [7, 11) is 0. The summed E-state index contributed by atoms with van der Waals surface area (Å²) in [6.45, 7) is 1.95. The Morgan fingerprint density at radius 1 is 1.32 bits per heavy atom. The number of nitrogens with zero attached hydrogens (tertiary/aromatic N) is 1. The fourth-order valence-corrected chi connectivity index (χ4v) is 1.80. The third-order valence-corrected chi connectivity index (χ3v) is 2.88. The number of carboxylic acids is 1. The molecule has 2 aromatic rings. The van der Waals surface area contributed by atoms with Crippen molar-refractivity contribution in [3.05, 3.63) is 69.4 Å². The van der Waals surface area contributed by atoms with E-state index in [-0.39, 0.29) is 23.5 Å². The first kappa shape index (κ1) is 13.0. The van der Waals surface area contributed by atoms with Gasteiger partial charge in [-0.2, -0.15) is 0 Å². The Morgan fingerprint density at radius 3 is 2.68 bits per heavy atom. The number of hydrogen-bond acceptors (Lipinski definition) is 2. The molecule has 2 rings (SSSR count). The molecule has 0 aliphatic carbocycles. The number of aryl methyl sites for hydroxylation is 1. The molecule has 0 unspecified atom stereocenters. The van der Waals surface area contributed by atoms with E-state index in [1.165, 1.54) is 35.0 Å². The molecule has 1 heterocycles. The summed E-state index contributed by atoms with van der Waals surface area (Å²) >= 11 is 0. The Bertz CT molecular complexity index is 691. The summed E-state index contributed by atoms with van der Waals surface area (Å²) in [6, 6.07) is 6.75. The molecule has 1 N–H and O–H groups in total. The molecule has 0 atom stereocenters. The molecule has 0 bridgehead atoms. The van der Waals surface area contributed by atoms with Gasteiger partial charge in [-0.1, -0.05) is 6.07 Å². The normalized spacial score (nSPS) is 10.4. The van der Waals surface area contributed by atoms with Gasteiger partial charge in [0.1, 0.15) is 5.82 Å². The maximum Gasteiger partial charge on any atom is 0.337 e. The van der Waals surface area contributed by atoms with Crippen molar-refractivity contribution in [3.8, 4) is 0 Å². The molecule has 0 saturated heterocycles. The Morgan fingerprint density at radius 2 is 2.05 bits per heavy atom. The molecule has 0 spiro atoms. The van der Waals surface area contributed by atoms with E-state index >= 15 is 0 Å². The largest absolute Gasteiger partial charge is 0.478 e. The van der Waals surface area contributed by atoms with Gasteiger partial charge in [0.25, 0.3) is 5.56 Å². The molecule has 1 aromatic carbocycles. The molecule has 0 aliphatic rings. The molecule has 98 valence electrons. The summed E-state index contributed by atoms with van der Waals surface area (Å²) in [4.78, 5) is 22.5. The zero-order valence-corrected chi connectivity index (χ0v) is 10.3. The van der Waals surface area contributed by atoms with E-state index in [2.05, 4.69) is 0 Å². The van der Waals surface area contributed by atoms with Gasteiger partial charge in [0.15, 0.2) is 0 Å². The molecule has 0 radical (unpaired) electrons. The summed E-state index contributed by atoms with van der Waals surface area (Å²) in [5.74, 6) is -1.43. The minimum atomic E-state index is -1.09. The molecule has 0 aliphatic heterocycles. The molecule has 19 heavy (non-hydrogen) atoms. The van der Waals surface area contributed by atoms with Crippen LogP contribution in [0.2, 0.25) is 0 Å². The summed E-state index contributed by atoms with van der Waals surface area (Å²) < 4.78 is 14.3. The van der Waals surface area contributed by atoms with Crippen LogP contribution in [0.1, 0.15) is 21.5 Å². The number of halogens is 1. The Hall–Kier alpha value is -2.43. The van der Waals surface area contributed by atoms with E-state index in [0.717, 1.165) is 5.56 Å². The summed E-state index contributed by atoms with van der Waals surface area (Å²) in [6.07, 6.45) is 1.29. The topological polar surface area (TPSA) is 59.3 Å². The van der Waals surface area contributed by atoms with Crippen molar-refractivity contribution in [1.29, 1.82) is 0 Å². The lowest BCUT2D eigenvalue weighted by molar-refractivity contribution is 0.0696. The second-order valence-corrected chi connectivity index (χ2v) is 4.26. The number of carbonyl (C=O) groups is 1. The van der Waals surface area contributed by atoms with Crippen LogP contribution in [0.25, 0.3) is 0 Å². The minimum Gasteiger partial charge on any atom is -0.478 e. The third kappa shape index (κ3) is 2.88. The number of pyridine rings is 1. The van der Waals surface area contributed by atoms with Gasteiger partial charge in [-0.05, 0) is 36.2 Å². The van der Waals surface area contributed by atoms with Gasteiger partial charge in [0.2, 0.25) is 0 Å². The molecule has 4 nitrogen and oxygen atoms in total. The highest BCUT2D eigenvalue weighted by Crippen LogP contribution is 2.11. The average Bonchev–Trinajstić information content (AvgIpc) is 2.34. The quantitative estimate of drug-likeness (QED) is 0.919. The molecule has 5 heteroatoms. The molecule has 0 amide bonds. The van der Waals surface area contributed by atoms with Gasteiger partial charge in [0.05, 0.1) is 12.1 Å². The van der Waals surface area contributed by atoms with Crippen molar-refractivity contribution in [1.82, 2.24) is 4.57 Å². The van der Waals surface area contributed by atoms with Crippen LogP contribution < -0.4 is 5.56 Å². The van der Waals surface area contributed by atoms with Crippen LogP contribution in [0.15, 0.2) is 41.3 Å². The van der Waals surface area contributed by atoms with Crippen LogP contribution in [0.5, 0.6) is 0 Å². The summed E-state index contributed by atoms with van der Waals surface area (Å²) in [5, 5.41) is 8.89. The van der Waals surface area contributed by atoms with Gasteiger partial charge < -0.3 is 9.67 Å².